The van der Waals surface area contributed by atoms with Gasteiger partial charge in [-0.25, -0.2) is 13.9 Å². The molecule has 2 saturated heterocycles. The van der Waals surface area contributed by atoms with Crippen LogP contribution in [0.3, 0.4) is 0 Å². The van der Waals surface area contributed by atoms with Gasteiger partial charge in [0.15, 0.2) is 5.82 Å². The molecule has 1 aromatic heterocycles. The third kappa shape index (κ3) is 6.09. The van der Waals surface area contributed by atoms with Crippen molar-refractivity contribution in [2.24, 2.45) is 0 Å². The first-order valence-corrected chi connectivity index (χ1v) is 13.8. The number of aromatic nitrogens is 2. The molecule has 0 bridgehead atoms. The molecule has 0 aliphatic carbocycles. The Morgan fingerprint density at radius 2 is 1.87 bits per heavy atom. The average molecular weight is 587 g/mol. The number of nitrogens with one attached hydrogen (secondary N) is 2. The van der Waals surface area contributed by atoms with Crippen molar-refractivity contribution in [2.75, 3.05) is 51.9 Å². The summed E-state index contributed by atoms with van der Waals surface area (Å²) in [5, 5.41) is 11.2. The van der Waals surface area contributed by atoms with Gasteiger partial charge in [-0.1, -0.05) is 30.3 Å². The van der Waals surface area contributed by atoms with Crippen molar-refractivity contribution in [1.82, 2.24) is 20.0 Å². The van der Waals surface area contributed by atoms with Crippen molar-refractivity contribution in [3.05, 3.63) is 76.1 Å². The first-order chi connectivity index (χ1) is 18.5. The van der Waals surface area contributed by atoms with Gasteiger partial charge >= 0.3 is 6.03 Å². The van der Waals surface area contributed by atoms with E-state index < -0.39 is 0 Å². The number of hydrogen-bond acceptors (Lipinski definition) is 5. The number of anilines is 1. The largest absolute Gasteiger partial charge is 0.383 e. The van der Waals surface area contributed by atoms with Crippen LogP contribution in [0.5, 0.6) is 0 Å². The predicted molar refractivity (Wildman–Crippen MR) is 147 cm³/mol. The molecular formula is C28H33BrFN5O3. The maximum absolute atomic E-state index is 13.6. The summed E-state index contributed by atoms with van der Waals surface area (Å²) in [6, 6.07) is 15.8. The minimum absolute atomic E-state index is 0.0264. The van der Waals surface area contributed by atoms with E-state index in [-0.39, 0.29) is 29.7 Å². The summed E-state index contributed by atoms with van der Waals surface area (Å²) in [6.45, 7) is 4.18. The Morgan fingerprint density at radius 3 is 2.58 bits per heavy atom. The molecule has 202 valence electrons. The number of nitrogens with zero attached hydrogens (tertiary/aromatic N) is 3. The van der Waals surface area contributed by atoms with Crippen LogP contribution in [0.2, 0.25) is 0 Å². The molecule has 2 amide bonds. The summed E-state index contributed by atoms with van der Waals surface area (Å²) in [4.78, 5) is 15.7. The van der Waals surface area contributed by atoms with Crippen molar-refractivity contribution >= 4 is 27.8 Å². The summed E-state index contributed by atoms with van der Waals surface area (Å²) in [7, 11) is 1.68. The van der Waals surface area contributed by atoms with Crippen molar-refractivity contribution in [1.29, 1.82) is 0 Å². The molecule has 0 spiro atoms. The molecule has 2 aliphatic heterocycles. The quantitative estimate of drug-likeness (QED) is 0.393. The maximum Gasteiger partial charge on any atom is 0.320 e. The van der Waals surface area contributed by atoms with Gasteiger partial charge in [-0.05, 0) is 58.6 Å². The second-order valence-corrected chi connectivity index (χ2v) is 10.6. The molecular weight excluding hydrogens is 553 g/mol. The highest BCUT2D eigenvalue weighted by Crippen LogP contribution is 2.37. The maximum atomic E-state index is 13.6. The number of halogens is 2. The fourth-order valence-electron chi connectivity index (χ4n) is 5.31. The number of benzene rings is 2. The van der Waals surface area contributed by atoms with Crippen LogP contribution >= 0.6 is 15.9 Å². The summed E-state index contributed by atoms with van der Waals surface area (Å²) in [6.07, 6.45) is 1.77. The van der Waals surface area contributed by atoms with E-state index in [1.807, 2.05) is 30.3 Å². The molecule has 2 aromatic carbocycles. The Morgan fingerprint density at radius 1 is 1.13 bits per heavy atom. The minimum atomic E-state index is -0.313. The lowest BCUT2D eigenvalue weighted by molar-refractivity contribution is 0.0843. The average Bonchev–Trinajstić information content (AvgIpc) is 3.49. The Kier molecular flexibility index (Phi) is 8.73. The van der Waals surface area contributed by atoms with E-state index in [2.05, 4.69) is 31.5 Å². The van der Waals surface area contributed by atoms with Gasteiger partial charge in [0.05, 0.1) is 28.5 Å². The third-order valence-electron chi connectivity index (χ3n) is 7.31. The Hall–Kier alpha value is -2.79. The molecule has 0 radical (unpaired) electrons. The molecule has 10 heteroatoms. The summed E-state index contributed by atoms with van der Waals surface area (Å²) in [5.41, 5.74) is 2.77. The van der Waals surface area contributed by atoms with Crippen LogP contribution in [-0.2, 0) is 9.47 Å². The lowest BCUT2D eigenvalue weighted by atomic mass is 9.94. The number of hydrogen-bond donors (Lipinski definition) is 2. The molecule has 5 rings (SSSR count). The van der Waals surface area contributed by atoms with Crippen LogP contribution < -0.4 is 10.6 Å². The number of rotatable bonds is 8. The number of likely N-dealkylation sites (tertiary alicyclic amines) is 1. The Labute approximate surface area is 230 Å². The van der Waals surface area contributed by atoms with Crippen LogP contribution in [0.15, 0.2) is 59.1 Å². The fraction of sp³-hybridized carbons (Fsp3) is 0.429. The van der Waals surface area contributed by atoms with E-state index in [0.29, 0.717) is 32.2 Å². The lowest BCUT2D eigenvalue weighted by Crippen LogP contribution is -2.42. The highest BCUT2D eigenvalue weighted by Gasteiger charge is 2.35. The van der Waals surface area contributed by atoms with Crippen LogP contribution in [-0.4, -0.2) is 73.3 Å². The van der Waals surface area contributed by atoms with Crippen LogP contribution in [0, 0.1) is 5.82 Å². The van der Waals surface area contributed by atoms with Gasteiger partial charge in [-0.15, -0.1) is 0 Å². The van der Waals surface area contributed by atoms with Crippen molar-refractivity contribution in [3.63, 3.8) is 0 Å². The highest BCUT2D eigenvalue weighted by atomic mass is 79.9. The highest BCUT2D eigenvalue weighted by molar-refractivity contribution is 9.10. The van der Waals surface area contributed by atoms with E-state index in [1.54, 1.807) is 23.9 Å². The minimum Gasteiger partial charge on any atom is -0.383 e. The van der Waals surface area contributed by atoms with E-state index >= 15 is 0 Å². The molecule has 38 heavy (non-hydrogen) atoms. The van der Waals surface area contributed by atoms with Gasteiger partial charge in [0.2, 0.25) is 0 Å². The first-order valence-electron chi connectivity index (χ1n) is 13.0. The molecule has 2 fully saturated rings. The van der Waals surface area contributed by atoms with Gasteiger partial charge < -0.3 is 14.8 Å². The Bertz CT molecular complexity index is 1220. The number of para-hydroxylation sites is 1. The normalized spacial score (nSPS) is 20.5. The van der Waals surface area contributed by atoms with E-state index in [1.165, 1.54) is 12.1 Å². The van der Waals surface area contributed by atoms with Crippen molar-refractivity contribution in [3.8, 4) is 5.69 Å². The van der Waals surface area contributed by atoms with Gasteiger partial charge in [-0.3, -0.25) is 10.2 Å². The predicted octanol–water partition coefficient (Wildman–Crippen LogP) is 4.90. The van der Waals surface area contributed by atoms with E-state index in [9.17, 15) is 9.18 Å². The molecule has 8 nitrogen and oxygen atoms in total. The van der Waals surface area contributed by atoms with Gasteiger partial charge in [-0.2, -0.15) is 5.10 Å². The van der Waals surface area contributed by atoms with Gasteiger partial charge in [0.25, 0.3) is 0 Å². The second-order valence-electron chi connectivity index (χ2n) is 9.80. The Balaban J connectivity index is 1.38. The molecule has 0 saturated carbocycles. The summed E-state index contributed by atoms with van der Waals surface area (Å²) in [5.74, 6) is 0.588. The number of ether oxygens (including phenoxy) is 2. The van der Waals surface area contributed by atoms with E-state index in [0.717, 1.165) is 47.3 Å². The number of carbonyl (C=O) groups is 1. The van der Waals surface area contributed by atoms with Gasteiger partial charge in [0, 0.05) is 51.8 Å². The standard InChI is InChI=1S/C28H33BrFN5O3/c1-37-16-13-34-17-23(19-7-9-21(30)10-8-19)24(18-34)31-28(36)32-27-25(29)26(20-11-14-38-15-12-20)33-35(27)22-5-3-2-4-6-22/h2-10,20,23-24H,11-18H2,1H3,(H2,31,32,36). The van der Waals surface area contributed by atoms with Crippen LogP contribution in [0.25, 0.3) is 5.69 Å². The van der Waals surface area contributed by atoms with Crippen LogP contribution in [0.4, 0.5) is 15.0 Å². The zero-order chi connectivity index (χ0) is 26.5. The smallest absolute Gasteiger partial charge is 0.320 e. The first kappa shape index (κ1) is 26.8. The number of urea groups is 1. The monoisotopic (exact) mass is 585 g/mol. The molecule has 3 aromatic rings. The molecule has 2 aliphatic rings. The van der Waals surface area contributed by atoms with Crippen molar-refractivity contribution in [2.45, 2.75) is 30.7 Å². The second kappa shape index (κ2) is 12.4. The lowest BCUT2D eigenvalue weighted by Gasteiger charge is -2.21. The topological polar surface area (TPSA) is 80.7 Å². The van der Waals surface area contributed by atoms with Crippen LogP contribution in [0.1, 0.15) is 35.9 Å². The molecule has 2 unspecified atom stereocenters. The van der Waals surface area contributed by atoms with E-state index in [4.69, 9.17) is 14.6 Å². The summed E-state index contributed by atoms with van der Waals surface area (Å²) >= 11 is 3.75. The third-order valence-corrected chi connectivity index (χ3v) is 8.10. The molecule has 3 heterocycles. The molecule has 2 atom stereocenters. The zero-order valence-electron chi connectivity index (χ0n) is 21.4. The SMILES string of the molecule is COCCN1CC(NC(=O)Nc2c(Br)c(C3CCOCC3)nn2-c2ccccc2)C(c2ccc(F)cc2)C1. The molecule has 2 N–H and O–H groups in total. The number of methoxy groups -OCH3 is 1. The zero-order valence-corrected chi connectivity index (χ0v) is 23.0. The number of carbonyl (C=O) groups excluding carboxylic acids is 1. The summed E-state index contributed by atoms with van der Waals surface area (Å²) < 4.78 is 27.0. The van der Waals surface area contributed by atoms with Gasteiger partial charge in [0.1, 0.15) is 5.82 Å². The fourth-order valence-corrected chi connectivity index (χ4v) is 5.98. The van der Waals surface area contributed by atoms with Crippen molar-refractivity contribution < 1.29 is 18.7 Å². The number of amides is 2.